The first-order valence-electron chi connectivity index (χ1n) is 9.46. The summed E-state index contributed by atoms with van der Waals surface area (Å²) in [5, 5.41) is 0. The smallest absolute Gasteiger partial charge is 0.133 e. The van der Waals surface area contributed by atoms with Crippen molar-refractivity contribution >= 4 is 11.4 Å². The molecule has 5 rings (SSSR count). The molecule has 3 aliphatic rings. The van der Waals surface area contributed by atoms with Crippen molar-refractivity contribution in [2.24, 2.45) is 0 Å². The van der Waals surface area contributed by atoms with Crippen LogP contribution in [0.4, 0.5) is 11.4 Å². The molecule has 3 heterocycles. The van der Waals surface area contributed by atoms with E-state index in [2.05, 4.69) is 46.2 Å². The first-order valence-corrected chi connectivity index (χ1v) is 9.46. The Balaban J connectivity index is 0.00000180. The van der Waals surface area contributed by atoms with Gasteiger partial charge in [-0.05, 0) is 23.3 Å². The molecule has 2 fully saturated rings. The van der Waals surface area contributed by atoms with E-state index in [1.807, 2.05) is 0 Å². The normalized spacial score (nSPS) is 18.8. The highest BCUT2D eigenvalue weighted by molar-refractivity contribution is 5.62. The average Bonchev–Trinajstić information content (AvgIpc) is 2.73. The van der Waals surface area contributed by atoms with Gasteiger partial charge in [0.05, 0.1) is 26.4 Å². The van der Waals surface area contributed by atoms with Crippen LogP contribution in [0.1, 0.15) is 18.6 Å². The second-order valence-electron chi connectivity index (χ2n) is 7.06. The predicted octanol–water partition coefficient (Wildman–Crippen LogP) is 3.69. The number of rotatable bonds is 2. The van der Waals surface area contributed by atoms with Crippen LogP contribution in [-0.2, 0) is 15.9 Å². The third kappa shape index (κ3) is 3.62. The minimum Gasteiger partial charge on any atom is -0.457 e. The molecule has 0 aliphatic carbocycles. The molecule has 5 heteroatoms. The summed E-state index contributed by atoms with van der Waals surface area (Å²) in [6.07, 6.45) is 0.928. The van der Waals surface area contributed by atoms with E-state index in [-0.39, 0.29) is 7.43 Å². The molecular formula is C22H28N2O3. The highest BCUT2D eigenvalue weighted by Gasteiger charge is 2.21. The molecule has 0 radical (unpaired) electrons. The van der Waals surface area contributed by atoms with Gasteiger partial charge in [-0.25, -0.2) is 0 Å². The Hall–Kier alpha value is -2.24. The van der Waals surface area contributed by atoms with Crippen LogP contribution < -0.4 is 14.5 Å². The summed E-state index contributed by atoms with van der Waals surface area (Å²) in [7, 11) is 0. The number of nitrogens with zero attached hydrogens (tertiary/aromatic N) is 2. The molecule has 0 amide bonds. The molecule has 0 aromatic heterocycles. The topological polar surface area (TPSA) is 34.2 Å². The van der Waals surface area contributed by atoms with Gasteiger partial charge in [0.25, 0.3) is 0 Å². The van der Waals surface area contributed by atoms with Crippen LogP contribution in [0, 0.1) is 0 Å². The summed E-state index contributed by atoms with van der Waals surface area (Å²) in [4.78, 5) is 4.74. The molecule has 27 heavy (non-hydrogen) atoms. The Labute approximate surface area is 161 Å². The average molecular weight is 368 g/mol. The van der Waals surface area contributed by atoms with Crippen LogP contribution in [-0.4, -0.2) is 52.6 Å². The van der Waals surface area contributed by atoms with Gasteiger partial charge >= 0.3 is 0 Å². The lowest BCUT2D eigenvalue weighted by atomic mass is 9.99. The first kappa shape index (κ1) is 18.1. The summed E-state index contributed by atoms with van der Waals surface area (Å²) < 4.78 is 17.3. The molecule has 0 spiro atoms. The Bertz CT molecular complexity index is 731. The lowest BCUT2D eigenvalue weighted by molar-refractivity contribution is 0.122. The minimum atomic E-state index is 0. The van der Waals surface area contributed by atoms with E-state index in [0.717, 1.165) is 70.5 Å². The van der Waals surface area contributed by atoms with Gasteiger partial charge < -0.3 is 24.0 Å². The van der Waals surface area contributed by atoms with E-state index in [9.17, 15) is 0 Å². The predicted molar refractivity (Wildman–Crippen MR) is 109 cm³/mol. The lowest BCUT2D eigenvalue weighted by Gasteiger charge is -2.31. The van der Waals surface area contributed by atoms with Crippen molar-refractivity contribution in [3.63, 3.8) is 0 Å². The zero-order chi connectivity index (χ0) is 17.3. The molecule has 0 bridgehead atoms. The van der Waals surface area contributed by atoms with Crippen LogP contribution >= 0.6 is 0 Å². The highest BCUT2D eigenvalue weighted by atomic mass is 16.5. The monoisotopic (exact) mass is 368 g/mol. The Morgan fingerprint density at radius 3 is 1.52 bits per heavy atom. The Morgan fingerprint density at radius 2 is 1.07 bits per heavy atom. The third-order valence-electron chi connectivity index (χ3n) is 5.45. The largest absolute Gasteiger partial charge is 0.457 e. The molecule has 144 valence electrons. The molecule has 3 aliphatic heterocycles. The fraction of sp³-hybridized carbons (Fsp3) is 0.455. The second-order valence-corrected chi connectivity index (χ2v) is 7.06. The zero-order valence-corrected chi connectivity index (χ0v) is 14.9. The van der Waals surface area contributed by atoms with Gasteiger partial charge in [0.2, 0.25) is 0 Å². The molecule has 0 saturated carbocycles. The quantitative estimate of drug-likeness (QED) is 0.689. The summed E-state index contributed by atoms with van der Waals surface area (Å²) in [5.41, 5.74) is 4.96. The lowest BCUT2D eigenvalue weighted by Crippen LogP contribution is -2.36. The van der Waals surface area contributed by atoms with Crippen LogP contribution in [0.3, 0.4) is 0 Å². The molecule has 5 nitrogen and oxygen atoms in total. The Morgan fingerprint density at radius 1 is 0.630 bits per heavy atom. The van der Waals surface area contributed by atoms with Crippen LogP contribution in [0.25, 0.3) is 0 Å². The van der Waals surface area contributed by atoms with E-state index in [0.29, 0.717) is 0 Å². The molecular weight excluding hydrogens is 340 g/mol. The number of morpholine rings is 2. The van der Waals surface area contributed by atoms with Crippen LogP contribution in [0.2, 0.25) is 0 Å². The molecule has 0 N–H and O–H groups in total. The summed E-state index contributed by atoms with van der Waals surface area (Å²) >= 11 is 0. The second kappa shape index (κ2) is 7.79. The number of fused-ring (bicyclic) bond motifs is 2. The van der Waals surface area contributed by atoms with Crippen molar-refractivity contribution in [2.45, 2.75) is 13.8 Å². The van der Waals surface area contributed by atoms with Crippen molar-refractivity contribution in [1.29, 1.82) is 0 Å². The molecule has 2 saturated heterocycles. The Kier molecular flexibility index (Phi) is 5.23. The number of anilines is 2. The number of benzene rings is 2. The fourth-order valence-electron chi connectivity index (χ4n) is 3.93. The zero-order valence-electron chi connectivity index (χ0n) is 14.9. The molecule has 0 unspecified atom stereocenters. The first-order chi connectivity index (χ1) is 12.9. The van der Waals surface area contributed by atoms with E-state index >= 15 is 0 Å². The van der Waals surface area contributed by atoms with Crippen molar-refractivity contribution in [2.75, 3.05) is 62.4 Å². The SMILES string of the molecule is C.c1cc2c(cc1N1CCOCC1)Oc1cc(N3CCOCC3)ccc1C2. The van der Waals surface area contributed by atoms with E-state index in [1.165, 1.54) is 22.5 Å². The highest BCUT2D eigenvalue weighted by Crippen LogP contribution is 2.40. The van der Waals surface area contributed by atoms with E-state index in [4.69, 9.17) is 14.2 Å². The van der Waals surface area contributed by atoms with Crippen molar-refractivity contribution in [1.82, 2.24) is 0 Å². The molecule has 2 aromatic carbocycles. The minimum absolute atomic E-state index is 0. The maximum absolute atomic E-state index is 6.32. The fourth-order valence-corrected chi connectivity index (χ4v) is 3.93. The van der Waals surface area contributed by atoms with Crippen molar-refractivity contribution in [3.05, 3.63) is 47.5 Å². The summed E-state index contributed by atoms with van der Waals surface area (Å²) in [6.45, 7) is 6.95. The standard InChI is InChI=1S/C21H24N2O3.CH4/c1-3-18(22-5-9-24-10-6-22)14-20-16(1)13-17-2-4-19(15-21(17)26-20)23-7-11-25-12-8-23;/h1-4,14-15H,5-13H2;1H4. The summed E-state index contributed by atoms with van der Waals surface area (Å²) in [6, 6.07) is 13.2. The van der Waals surface area contributed by atoms with Gasteiger partial charge in [-0.2, -0.15) is 0 Å². The number of hydrogen-bond donors (Lipinski definition) is 0. The van der Waals surface area contributed by atoms with Gasteiger partial charge in [0.1, 0.15) is 11.5 Å². The summed E-state index contributed by atoms with van der Waals surface area (Å²) in [5.74, 6) is 1.97. The van der Waals surface area contributed by atoms with Crippen molar-refractivity contribution < 1.29 is 14.2 Å². The molecule has 2 aromatic rings. The van der Waals surface area contributed by atoms with Crippen LogP contribution in [0.15, 0.2) is 36.4 Å². The van der Waals surface area contributed by atoms with E-state index < -0.39 is 0 Å². The number of hydrogen-bond acceptors (Lipinski definition) is 5. The van der Waals surface area contributed by atoms with Crippen molar-refractivity contribution in [3.8, 4) is 11.5 Å². The maximum atomic E-state index is 6.32. The van der Waals surface area contributed by atoms with Gasteiger partial charge in [-0.15, -0.1) is 0 Å². The van der Waals surface area contributed by atoms with Gasteiger partial charge in [-0.1, -0.05) is 19.6 Å². The van der Waals surface area contributed by atoms with Gasteiger partial charge in [-0.3, -0.25) is 0 Å². The third-order valence-corrected chi connectivity index (χ3v) is 5.45. The van der Waals surface area contributed by atoms with Gasteiger partial charge in [0, 0.05) is 56.1 Å². The van der Waals surface area contributed by atoms with E-state index in [1.54, 1.807) is 0 Å². The van der Waals surface area contributed by atoms with Crippen LogP contribution in [0.5, 0.6) is 11.5 Å². The number of ether oxygens (including phenoxy) is 3. The maximum Gasteiger partial charge on any atom is 0.133 e. The molecule has 0 atom stereocenters. The van der Waals surface area contributed by atoms with Gasteiger partial charge in [0.15, 0.2) is 0 Å².